The standard InChI is InChI=1S/C15H13N3S/c1-2-4-15-13(3-1)12(9-19-15)7-18-6-11-5-16-10-17-14(11)8-18/h1-5,9-10H,6-8H2. The van der Waals surface area contributed by atoms with Gasteiger partial charge in [0.1, 0.15) is 6.33 Å². The van der Waals surface area contributed by atoms with E-state index >= 15 is 0 Å². The van der Waals surface area contributed by atoms with Crippen LogP contribution >= 0.6 is 11.3 Å². The highest BCUT2D eigenvalue weighted by molar-refractivity contribution is 7.17. The molecule has 0 unspecified atom stereocenters. The summed E-state index contributed by atoms with van der Waals surface area (Å²) in [6.07, 6.45) is 3.58. The van der Waals surface area contributed by atoms with Crippen molar-refractivity contribution in [3.63, 3.8) is 0 Å². The Morgan fingerprint density at radius 3 is 3.11 bits per heavy atom. The van der Waals surface area contributed by atoms with Gasteiger partial charge in [0.25, 0.3) is 0 Å². The van der Waals surface area contributed by atoms with Crippen molar-refractivity contribution in [2.45, 2.75) is 19.6 Å². The molecule has 0 saturated heterocycles. The number of benzene rings is 1. The van der Waals surface area contributed by atoms with E-state index in [-0.39, 0.29) is 0 Å². The summed E-state index contributed by atoms with van der Waals surface area (Å²) in [7, 11) is 0. The van der Waals surface area contributed by atoms with Crippen molar-refractivity contribution >= 4 is 21.4 Å². The minimum absolute atomic E-state index is 0.933. The van der Waals surface area contributed by atoms with Crippen LogP contribution in [0.25, 0.3) is 10.1 Å². The molecule has 94 valence electrons. The summed E-state index contributed by atoms with van der Waals surface area (Å²) in [5, 5.41) is 3.66. The van der Waals surface area contributed by atoms with Gasteiger partial charge in [-0.15, -0.1) is 11.3 Å². The van der Waals surface area contributed by atoms with Crippen LogP contribution in [0.1, 0.15) is 16.8 Å². The number of nitrogens with zero attached hydrogens (tertiary/aromatic N) is 3. The van der Waals surface area contributed by atoms with Crippen LogP contribution in [0.4, 0.5) is 0 Å². The molecule has 0 radical (unpaired) electrons. The maximum atomic E-state index is 4.35. The monoisotopic (exact) mass is 267 g/mol. The van der Waals surface area contributed by atoms with Crippen molar-refractivity contribution in [1.29, 1.82) is 0 Å². The van der Waals surface area contributed by atoms with Crippen LogP contribution in [-0.2, 0) is 19.6 Å². The van der Waals surface area contributed by atoms with Crippen LogP contribution in [0.2, 0.25) is 0 Å². The van der Waals surface area contributed by atoms with E-state index in [2.05, 4.69) is 44.5 Å². The largest absolute Gasteiger partial charge is 0.289 e. The SMILES string of the molecule is c1ccc2c(CN3Cc4cncnc4C3)csc2c1. The van der Waals surface area contributed by atoms with Gasteiger partial charge in [-0.3, -0.25) is 4.90 Å². The molecule has 2 aromatic heterocycles. The summed E-state index contributed by atoms with van der Waals surface area (Å²) in [6, 6.07) is 8.62. The highest BCUT2D eigenvalue weighted by atomic mass is 32.1. The smallest absolute Gasteiger partial charge is 0.115 e. The van der Waals surface area contributed by atoms with E-state index in [0.29, 0.717) is 0 Å². The Balaban J connectivity index is 1.60. The molecule has 1 aromatic carbocycles. The Bertz CT molecular complexity index is 710. The molecule has 0 N–H and O–H groups in total. The summed E-state index contributed by atoms with van der Waals surface area (Å²) in [4.78, 5) is 10.9. The first-order chi connectivity index (χ1) is 9.40. The lowest BCUT2D eigenvalue weighted by atomic mass is 10.2. The Morgan fingerprint density at radius 2 is 2.16 bits per heavy atom. The van der Waals surface area contributed by atoms with Gasteiger partial charge in [0.15, 0.2) is 0 Å². The second-order valence-corrected chi connectivity index (χ2v) is 5.81. The molecule has 0 bridgehead atoms. The van der Waals surface area contributed by atoms with E-state index in [4.69, 9.17) is 0 Å². The van der Waals surface area contributed by atoms with Gasteiger partial charge in [0, 0.05) is 36.1 Å². The molecule has 1 aliphatic heterocycles. The maximum Gasteiger partial charge on any atom is 0.115 e. The average molecular weight is 267 g/mol. The van der Waals surface area contributed by atoms with Crippen molar-refractivity contribution in [3.05, 3.63) is 59.0 Å². The Hall–Kier alpha value is -1.78. The first-order valence-electron chi connectivity index (χ1n) is 6.35. The fraction of sp³-hybridized carbons (Fsp3) is 0.200. The van der Waals surface area contributed by atoms with Gasteiger partial charge in [0.05, 0.1) is 5.69 Å². The molecule has 0 aliphatic carbocycles. The molecule has 3 heterocycles. The molecular weight excluding hydrogens is 254 g/mol. The van der Waals surface area contributed by atoms with Crippen molar-refractivity contribution < 1.29 is 0 Å². The zero-order chi connectivity index (χ0) is 12.7. The van der Waals surface area contributed by atoms with Gasteiger partial charge in [-0.05, 0) is 22.4 Å². The molecule has 3 nitrogen and oxygen atoms in total. The summed E-state index contributed by atoms with van der Waals surface area (Å²) < 4.78 is 1.37. The number of aromatic nitrogens is 2. The zero-order valence-electron chi connectivity index (χ0n) is 10.4. The summed E-state index contributed by atoms with van der Waals surface area (Å²) in [5.74, 6) is 0. The van der Waals surface area contributed by atoms with Crippen molar-refractivity contribution in [3.8, 4) is 0 Å². The van der Waals surface area contributed by atoms with Crippen molar-refractivity contribution in [1.82, 2.24) is 14.9 Å². The lowest BCUT2D eigenvalue weighted by Gasteiger charge is -2.13. The third-order valence-corrected chi connectivity index (χ3v) is 4.62. The van der Waals surface area contributed by atoms with Gasteiger partial charge in [-0.2, -0.15) is 0 Å². The van der Waals surface area contributed by atoms with Crippen molar-refractivity contribution in [2.24, 2.45) is 0 Å². The molecule has 3 aromatic rings. The fourth-order valence-corrected chi connectivity index (χ4v) is 3.63. The fourth-order valence-electron chi connectivity index (χ4n) is 2.67. The van der Waals surface area contributed by atoms with Crippen molar-refractivity contribution in [2.75, 3.05) is 0 Å². The minimum Gasteiger partial charge on any atom is -0.289 e. The lowest BCUT2D eigenvalue weighted by Crippen LogP contribution is -2.15. The number of hydrogen-bond donors (Lipinski definition) is 0. The van der Waals surface area contributed by atoms with Gasteiger partial charge in [0.2, 0.25) is 0 Å². The molecule has 0 amide bonds. The van der Waals surface area contributed by atoms with Crippen LogP contribution in [0.5, 0.6) is 0 Å². The molecule has 1 aliphatic rings. The number of fused-ring (bicyclic) bond motifs is 2. The molecule has 0 spiro atoms. The first kappa shape index (κ1) is 11.1. The van der Waals surface area contributed by atoms with Crippen LogP contribution in [0.15, 0.2) is 42.2 Å². The third-order valence-electron chi connectivity index (χ3n) is 3.60. The minimum atomic E-state index is 0.933. The summed E-state index contributed by atoms with van der Waals surface area (Å²) in [6.45, 7) is 2.88. The van der Waals surface area contributed by atoms with E-state index in [1.165, 1.54) is 26.9 Å². The van der Waals surface area contributed by atoms with Gasteiger partial charge >= 0.3 is 0 Å². The normalized spacial score (nSPS) is 14.9. The van der Waals surface area contributed by atoms with E-state index in [1.807, 2.05) is 17.5 Å². The molecule has 4 rings (SSSR count). The Kier molecular flexibility index (Phi) is 2.57. The molecule has 19 heavy (non-hydrogen) atoms. The van der Waals surface area contributed by atoms with Crippen LogP contribution < -0.4 is 0 Å². The van der Waals surface area contributed by atoms with E-state index < -0.39 is 0 Å². The number of thiophene rings is 1. The summed E-state index contributed by atoms with van der Waals surface area (Å²) in [5.41, 5.74) is 3.86. The molecule has 0 saturated carbocycles. The predicted octanol–water partition coefficient (Wildman–Crippen LogP) is 3.21. The number of hydrogen-bond acceptors (Lipinski definition) is 4. The summed E-state index contributed by atoms with van der Waals surface area (Å²) >= 11 is 1.83. The number of rotatable bonds is 2. The zero-order valence-corrected chi connectivity index (χ0v) is 11.2. The van der Waals surface area contributed by atoms with E-state index in [9.17, 15) is 0 Å². The maximum absolute atomic E-state index is 4.35. The molecule has 0 fully saturated rings. The second kappa shape index (κ2) is 4.40. The highest BCUT2D eigenvalue weighted by Crippen LogP contribution is 2.29. The first-order valence-corrected chi connectivity index (χ1v) is 7.23. The highest BCUT2D eigenvalue weighted by Gasteiger charge is 2.20. The Morgan fingerprint density at radius 1 is 1.21 bits per heavy atom. The molecular formula is C15H13N3S. The quantitative estimate of drug-likeness (QED) is 0.714. The predicted molar refractivity (Wildman–Crippen MR) is 76.8 cm³/mol. The Labute approximate surface area is 115 Å². The molecule has 4 heteroatoms. The topological polar surface area (TPSA) is 29.0 Å². The van der Waals surface area contributed by atoms with Crippen LogP contribution in [0.3, 0.4) is 0 Å². The van der Waals surface area contributed by atoms with E-state index in [1.54, 1.807) is 6.33 Å². The van der Waals surface area contributed by atoms with Crippen LogP contribution in [0, 0.1) is 0 Å². The van der Waals surface area contributed by atoms with Crippen LogP contribution in [-0.4, -0.2) is 14.9 Å². The van der Waals surface area contributed by atoms with Gasteiger partial charge in [-0.25, -0.2) is 9.97 Å². The molecule has 0 atom stereocenters. The average Bonchev–Trinajstić information content (AvgIpc) is 3.03. The van der Waals surface area contributed by atoms with Gasteiger partial charge < -0.3 is 0 Å². The third kappa shape index (κ3) is 1.93. The van der Waals surface area contributed by atoms with E-state index in [0.717, 1.165) is 19.6 Å². The lowest BCUT2D eigenvalue weighted by molar-refractivity contribution is 0.275. The van der Waals surface area contributed by atoms with Gasteiger partial charge in [-0.1, -0.05) is 18.2 Å². The second-order valence-electron chi connectivity index (χ2n) is 4.90.